The van der Waals surface area contributed by atoms with Crippen LogP contribution in [0.2, 0.25) is 0 Å². The number of aromatic nitrogens is 4. The predicted molar refractivity (Wildman–Crippen MR) is 123 cm³/mol. The molecule has 0 amide bonds. The molecule has 0 aliphatic rings. The Hall–Kier alpha value is -2.62. The molecule has 0 bridgehead atoms. The van der Waals surface area contributed by atoms with Crippen LogP contribution in [-0.2, 0) is 0 Å². The van der Waals surface area contributed by atoms with Crippen molar-refractivity contribution in [3.8, 4) is 11.1 Å². The van der Waals surface area contributed by atoms with Gasteiger partial charge in [0.1, 0.15) is 11.6 Å². The van der Waals surface area contributed by atoms with Crippen LogP contribution < -0.4 is 11.1 Å². The van der Waals surface area contributed by atoms with Crippen molar-refractivity contribution in [2.45, 2.75) is 38.8 Å². The highest BCUT2D eigenvalue weighted by Crippen LogP contribution is 2.33. The van der Waals surface area contributed by atoms with E-state index in [-0.39, 0.29) is 24.5 Å². The van der Waals surface area contributed by atoms with E-state index < -0.39 is 0 Å². The highest BCUT2D eigenvalue weighted by molar-refractivity contribution is 9.10. The molecule has 4 aromatic rings. The van der Waals surface area contributed by atoms with E-state index in [1.807, 2.05) is 13.0 Å². The summed E-state index contributed by atoms with van der Waals surface area (Å²) in [5, 5.41) is 18.2. The Balaban J connectivity index is 1.80. The zero-order chi connectivity index (χ0) is 22.1. The average molecular weight is 487 g/mol. The van der Waals surface area contributed by atoms with Crippen LogP contribution in [0.5, 0.6) is 0 Å². The molecule has 31 heavy (non-hydrogen) atoms. The second-order valence-corrected chi connectivity index (χ2v) is 8.40. The van der Waals surface area contributed by atoms with Gasteiger partial charge >= 0.3 is 0 Å². The molecule has 4 N–H and O–H groups in total. The summed E-state index contributed by atoms with van der Waals surface area (Å²) in [6, 6.07) is 6.18. The number of nitrogen functional groups attached to an aromatic ring is 1. The maximum atomic E-state index is 13.7. The molecule has 0 radical (unpaired) electrons. The van der Waals surface area contributed by atoms with Crippen LogP contribution in [0, 0.1) is 5.82 Å². The summed E-state index contributed by atoms with van der Waals surface area (Å²) >= 11 is 3.55. The number of fused-ring (bicyclic) bond motifs is 2. The van der Waals surface area contributed by atoms with Crippen LogP contribution in [0.15, 0.2) is 41.1 Å². The van der Waals surface area contributed by atoms with E-state index in [0.717, 1.165) is 29.7 Å². The van der Waals surface area contributed by atoms with E-state index in [1.54, 1.807) is 23.0 Å². The van der Waals surface area contributed by atoms with Gasteiger partial charge in [-0.3, -0.25) is 4.98 Å². The van der Waals surface area contributed by atoms with Crippen molar-refractivity contribution >= 4 is 38.3 Å². The summed E-state index contributed by atoms with van der Waals surface area (Å²) in [6.45, 7) is 4.11. The van der Waals surface area contributed by atoms with Crippen LogP contribution in [0.4, 0.5) is 10.2 Å². The largest absolute Gasteiger partial charge is 0.395 e. The molecule has 2 unspecified atom stereocenters. The fraction of sp³-hybridized carbons (Fsp3) is 0.318. The summed E-state index contributed by atoms with van der Waals surface area (Å²) in [5.41, 5.74) is 9.89. The third-order valence-corrected chi connectivity index (χ3v) is 6.17. The zero-order valence-electron chi connectivity index (χ0n) is 17.3. The van der Waals surface area contributed by atoms with Gasteiger partial charge in [0.2, 0.25) is 0 Å². The molecule has 2 atom stereocenters. The standard InChI is InChI=1S/C22H24BrFN6O/c1-3-4-16(11-31)28-12(2)20-19(23)21(25)30-22(29-20)17(10-27-30)14-7-13-8-15(24)5-6-18(13)26-9-14/h5-10,12,16,28,31H,3-4,11,25H2,1-2H3. The number of benzene rings is 1. The van der Waals surface area contributed by atoms with Gasteiger partial charge in [-0.25, -0.2) is 9.37 Å². The van der Waals surface area contributed by atoms with E-state index in [1.165, 1.54) is 12.1 Å². The predicted octanol–water partition coefficient (Wildman–Crippen LogP) is 4.24. The van der Waals surface area contributed by atoms with Gasteiger partial charge in [-0.2, -0.15) is 9.61 Å². The molecule has 1 aromatic carbocycles. The second kappa shape index (κ2) is 8.86. The number of pyridine rings is 1. The highest BCUT2D eigenvalue weighted by atomic mass is 79.9. The number of halogens is 2. The number of aliphatic hydroxyl groups is 1. The SMILES string of the molecule is CCCC(CO)NC(C)c1nc2c(-c3cnc4ccc(F)cc4c3)cnn2c(N)c1Br. The number of nitrogens with zero attached hydrogens (tertiary/aromatic N) is 4. The summed E-state index contributed by atoms with van der Waals surface area (Å²) in [4.78, 5) is 9.29. The molecule has 3 aromatic heterocycles. The van der Waals surface area contributed by atoms with Crippen LogP contribution >= 0.6 is 15.9 Å². The van der Waals surface area contributed by atoms with E-state index in [0.29, 0.717) is 26.8 Å². The van der Waals surface area contributed by atoms with Crippen molar-refractivity contribution in [1.29, 1.82) is 0 Å². The number of nitrogens with two attached hydrogens (primary N) is 1. The first-order valence-corrected chi connectivity index (χ1v) is 11.0. The zero-order valence-corrected chi connectivity index (χ0v) is 18.9. The lowest BCUT2D eigenvalue weighted by Crippen LogP contribution is -2.35. The fourth-order valence-corrected chi connectivity index (χ4v) is 4.36. The summed E-state index contributed by atoms with van der Waals surface area (Å²) in [5.74, 6) is 0.112. The Bertz CT molecular complexity index is 1240. The Kier molecular flexibility index (Phi) is 6.17. The minimum Gasteiger partial charge on any atom is -0.395 e. The maximum absolute atomic E-state index is 13.7. The van der Waals surface area contributed by atoms with Gasteiger partial charge in [-0.1, -0.05) is 13.3 Å². The first kappa shape index (κ1) is 21.6. The quantitative estimate of drug-likeness (QED) is 0.361. The van der Waals surface area contributed by atoms with Gasteiger partial charge in [0.15, 0.2) is 5.65 Å². The minimum absolute atomic E-state index is 0.0323. The topological polar surface area (TPSA) is 101 Å². The number of rotatable bonds is 7. The number of aliphatic hydroxyl groups excluding tert-OH is 1. The molecule has 0 fully saturated rings. The molecule has 0 aliphatic heterocycles. The number of anilines is 1. The van der Waals surface area contributed by atoms with Gasteiger partial charge < -0.3 is 16.2 Å². The molecule has 4 rings (SSSR count). The van der Waals surface area contributed by atoms with Crippen molar-refractivity contribution < 1.29 is 9.50 Å². The fourth-order valence-electron chi connectivity index (χ4n) is 3.76. The van der Waals surface area contributed by atoms with Crippen LogP contribution in [0.1, 0.15) is 38.4 Å². The van der Waals surface area contributed by atoms with Crippen molar-refractivity contribution in [1.82, 2.24) is 24.9 Å². The average Bonchev–Trinajstić information content (AvgIpc) is 3.19. The van der Waals surface area contributed by atoms with Crippen LogP contribution in [0.3, 0.4) is 0 Å². The highest BCUT2D eigenvalue weighted by Gasteiger charge is 2.21. The maximum Gasteiger partial charge on any atom is 0.165 e. The van der Waals surface area contributed by atoms with E-state index >= 15 is 0 Å². The molecule has 0 aliphatic carbocycles. The molecule has 7 nitrogen and oxygen atoms in total. The smallest absolute Gasteiger partial charge is 0.165 e. The van der Waals surface area contributed by atoms with E-state index in [4.69, 9.17) is 10.7 Å². The Labute approximate surface area is 187 Å². The van der Waals surface area contributed by atoms with Gasteiger partial charge in [-0.15, -0.1) is 0 Å². The van der Waals surface area contributed by atoms with Crippen LogP contribution in [0.25, 0.3) is 27.7 Å². The Morgan fingerprint density at radius 2 is 2.10 bits per heavy atom. The lowest BCUT2D eigenvalue weighted by Gasteiger charge is -2.22. The molecule has 0 saturated carbocycles. The van der Waals surface area contributed by atoms with Crippen molar-refractivity contribution in [3.63, 3.8) is 0 Å². The van der Waals surface area contributed by atoms with Gasteiger partial charge in [0.25, 0.3) is 0 Å². The van der Waals surface area contributed by atoms with Crippen LogP contribution in [-0.4, -0.2) is 37.3 Å². The van der Waals surface area contributed by atoms with Crippen molar-refractivity contribution in [3.05, 3.63) is 52.6 Å². The molecular weight excluding hydrogens is 463 g/mol. The minimum atomic E-state index is -0.315. The first-order valence-electron chi connectivity index (χ1n) is 10.2. The van der Waals surface area contributed by atoms with Crippen molar-refractivity contribution in [2.75, 3.05) is 12.3 Å². The number of hydrogen-bond donors (Lipinski definition) is 3. The molecular formula is C22H24BrFN6O. The van der Waals surface area contributed by atoms with E-state index in [2.05, 4.69) is 38.3 Å². The normalized spacial score (nSPS) is 13.7. The third-order valence-electron chi connectivity index (χ3n) is 5.36. The van der Waals surface area contributed by atoms with Gasteiger partial charge in [0.05, 0.1) is 28.5 Å². The van der Waals surface area contributed by atoms with Crippen molar-refractivity contribution in [2.24, 2.45) is 0 Å². The molecule has 3 heterocycles. The summed E-state index contributed by atoms with van der Waals surface area (Å²) < 4.78 is 15.9. The molecule has 162 valence electrons. The first-order chi connectivity index (χ1) is 14.9. The lowest BCUT2D eigenvalue weighted by molar-refractivity contribution is 0.225. The summed E-state index contributed by atoms with van der Waals surface area (Å²) in [7, 11) is 0. The third kappa shape index (κ3) is 4.13. The lowest BCUT2D eigenvalue weighted by atomic mass is 10.1. The van der Waals surface area contributed by atoms with Gasteiger partial charge in [-0.05, 0) is 53.5 Å². The van der Waals surface area contributed by atoms with Gasteiger partial charge in [0, 0.05) is 34.8 Å². The number of nitrogens with one attached hydrogen (secondary N) is 1. The number of hydrogen-bond acceptors (Lipinski definition) is 6. The Morgan fingerprint density at radius 1 is 1.29 bits per heavy atom. The monoisotopic (exact) mass is 486 g/mol. The summed E-state index contributed by atoms with van der Waals surface area (Å²) in [6.07, 6.45) is 5.22. The molecule has 0 saturated heterocycles. The van der Waals surface area contributed by atoms with E-state index in [9.17, 15) is 9.50 Å². The Morgan fingerprint density at radius 3 is 2.84 bits per heavy atom. The molecule has 9 heteroatoms. The molecule has 0 spiro atoms. The second-order valence-electron chi connectivity index (χ2n) is 7.61.